The quantitative estimate of drug-likeness (QED) is 0.500. The fraction of sp³-hybridized carbons (Fsp3) is 0. The van der Waals surface area contributed by atoms with Crippen molar-refractivity contribution >= 4 is 42.6 Å². The molecule has 0 saturated heterocycles. The van der Waals surface area contributed by atoms with Crippen LogP contribution < -0.4 is 0 Å². The Balaban J connectivity index is 0. The average molecular weight is 447 g/mol. The van der Waals surface area contributed by atoms with Gasteiger partial charge < -0.3 is 0 Å². The van der Waals surface area contributed by atoms with Gasteiger partial charge in [-0.1, -0.05) is 0 Å². The van der Waals surface area contributed by atoms with E-state index in [4.69, 9.17) is 42.6 Å². The van der Waals surface area contributed by atoms with Crippen LogP contribution >= 0.6 is 42.6 Å². The predicted octanol–water partition coefficient (Wildman–Crippen LogP) is 3.44. The van der Waals surface area contributed by atoms with Gasteiger partial charge in [-0.05, 0) is 0 Å². The van der Waals surface area contributed by atoms with Crippen molar-refractivity contribution in [2.24, 2.45) is 0 Å². The van der Waals surface area contributed by atoms with E-state index in [0.717, 1.165) is 23.2 Å². The molecule has 0 aromatic rings. The maximum atomic E-state index is 5.04. The van der Waals surface area contributed by atoms with Crippen LogP contribution in [0.15, 0.2) is 0 Å². The van der Waals surface area contributed by atoms with E-state index >= 15 is 0 Å². The third-order valence-corrected chi connectivity index (χ3v) is 0. The second kappa shape index (κ2) is 7.31. The Hall–Kier alpha value is 3.20. The van der Waals surface area contributed by atoms with Gasteiger partial charge in [0.1, 0.15) is 0 Å². The number of rotatable bonds is 0. The first-order valence-corrected chi connectivity index (χ1v) is 18.1. The van der Waals surface area contributed by atoms with Crippen molar-refractivity contribution < 1.29 is 38.7 Å². The molecule has 0 radical (unpaired) electrons. The molecule has 0 saturated carbocycles. The second-order valence-corrected chi connectivity index (χ2v) is 22.8. The van der Waals surface area contributed by atoms with Gasteiger partial charge in [0, 0.05) is 0 Å². The Kier molecular flexibility index (Phi) is 13.4. The molecule has 0 amide bonds. The van der Waals surface area contributed by atoms with Crippen molar-refractivity contribution in [1.29, 1.82) is 0 Å². The molecule has 0 aliphatic carbocycles. The van der Waals surface area contributed by atoms with Gasteiger partial charge in [0.15, 0.2) is 0 Å². The summed E-state index contributed by atoms with van der Waals surface area (Å²) in [5.41, 5.74) is 0. The molecule has 0 aliphatic heterocycles. The van der Waals surface area contributed by atoms with E-state index in [-0.39, 0.29) is 0 Å². The van der Waals surface area contributed by atoms with Gasteiger partial charge in [0.05, 0.1) is 0 Å². The van der Waals surface area contributed by atoms with Gasteiger partial charge in [-0.15, -0.1) is 0 Å². The fourth-order valence-corrected chi connectivity index (χ4v) is 0. The minimum absolute atomic E-state index is 0.778. The van der Waals surface area contributed by atoms with Crippen molar-refractivity contribution in [3.63, 3.8) is 0 Å². The first kappa shape index (κ1) is 12.8. The Labute approximate surface area is 79.5 Å². The number of halogens is 5. The van der Waals surface area contributed by atoms with Gasteiger partial charge in [-0.25, -0.2) is 0 Å². The molecule has 0 fully saturated rings. The zero-order valence-corrected chi connectivity index (χ0v) is 12.7. The van der Waals surface area contributed by atoms with E-state index in [9.17, 15) is 0 Å². The van der Waals surface area contributed by atoms with Crippen LogP contribution in [0, 0.1) is 0 Å². The molecule has 0 atom stereocenters. The van der Waals surface area contributed by atoms with Crippen molar-refractivity contribution in [3.8, 4) is 0 Å². The molecular weight excluding hydrogens is 447 g/mol. The molecule has 0 aliphatic rings. The van der Waals surface area contributed by atoms with E-state index in [0.29, 0.717) is 0 Å². The van der Waals surface area contributed by atoms with Crippen LogP contribution in [0.25, 0.3) is 0 Å². The van der Waals surface area contributed by atoms with Crippen LogP contribution in [0.4, 0.5) is 0 Å². The van der Waals surface area contributed by atoms with Crippen LogP contribution in [-0.4, -0.2) is 0 Å². The Morgan fingerprint density at radius 3 is 0.857 bits per heavy atom. The molecule has 0 aromatic carbocycles. The van der Waals surface area contributed by atoms with E-state index < -0.39 is 15.5 Å². The summed E-state index contributed by atoms with van der Waals surface area (Å²) in [6, 6.07) is 0. The van der Waals surface area contributed by atoms with Crippen LogP contribution in [-0.2, 0) is 38.7 Å². The van der Waals surface area contributed by atoms with Gasteiger partial charge in [0.25, 0.3) is 0 Å². The second-order valence-electron chi connectivity index (χ2n) is 0.429. The van der Waals surface area contributed by atoms with Crippen molar-refractivity contribution in [1.82, 2.24) is 0 Å². The summed E-state index contributed by atoms with van der Waals surface area (Å²) in [6.45, 7) is 0. The normalized spacial score (nSPS) is 9.14. The van der Waals surface area contributed by atoms with Crippen LogP contribution in [0.5, 0.6) is 0 Å². The molecular formula is Cl5HfZr. The van der Waals surface area contributed by atoms with Gasteiger partial charge in [-0.2, -0.15) is 0 Å². The molecule has 0 N–H and O–H groups in total. The van der Waals surface area contributed by atoms with Crippen molar-refractivity contribution in [2.45, 2.75) is 0 Å². The summed E-state index contributed by atoms with van der Waals surface area (Å²) in [4.78, 5) is 0. The monoisotopic (exact) mass is 445 g/mol. The molecule has 0 nitrogen and oxygen atoms in total. The first-order valence-electron chi connectivity index (χ1n) is 0.945. The SMILES string of the molecule is [Cl][Hf].[Cl][Zr]([Cl])([Cl])[Cl]. The van der Waals surface area contributed by atoms with Crippen molar-refractivity contribution in [2.75, 3.05) is 0 Å². The summed E-state index contributed by atoms with van der Waals surface area (Å²) in [5, 5.41) is 0. The van der Waals surface area contributed by atoms with Gasteiger partial charge >= 0.3 is 81.3 Å². The zero-order valence-electron chi connectivity index (χ0n) is 2.89. The van der Waals surface area contributed by atoms with E-state index in [2.05, 4.69) is 0 Å². The predicted molar refractivity (Wildman–Crippen MR) is 29.3 cm³/mol. The molecule has 43 valence electrons. The molecule has 0 spiro atoms. The summed E-state index contributed by atoms with van der Waals surface area (Å²) >= 11 is -2.51. The van der Waals surface area contributed by atoms with E-state index in [1.165, 1.54) is 0 Å². The Morgan fingerprint density at radius 2 is 0.857 bits per heavy atom. The molecule has 0 rings (SSSR count). The van der Waals surface area contributed by atoms with Crippen LogP contribution in [0.3, 0.4) is 0 Å². The van der Waals surface area contributed by atoms with Gasteiger partial charge in [0.2, 0.25) is 0 Å². The summed E-state index contributed by atoms with van der Waals surface area (Å²) < 4.78 is 0. The Bertz CT molecular complexity index is 23.6. The molecule has 7 heavy (non-hydrogen) atoms. The fourth-order valence-electron chi connectivity index (χ4n) is 0. The van der Waals surface area contributed by atoms with Crippen LogP contribution in [0.2, 0.25) is 0 Å². The standard InChI is InChI=1S/5ClH.Hf.Zr/h5*1H;;/q;;;;;+1;+4/p-5. The van der Waals surface area contributed by atoms with Gasteiger partial charge in [-0.3, -0.25) is 0 Å². The molecule has 0 heterocycles. The minimum atomic E-state index is -3.29. The average Bonchev–Trinajstić information content (AvgIpc) is 1.36. The topological polar surface area (TPSA) is 0 Å². The summed E-state index contributed by atoms with van der Waals surface area (Å²) in [7, 11) is 24.9. The molecule has 0 unspecified atom stereocenters. The van der Waals surface area contributed by atoms with E-state index in [1.807, 2.05) is 0 Å². The van der Waals surface area contributed by atoms with E-state index in [1.54, 1.807) is 0 Å². The molecule has 0 aromatic heterocycles. The summed E-state index contributed by atoms with van der Waals surface area (Å²) in [6.07, 6.45) is 0. The van der Waals surface area contributed by atoms with Crippen molar-refractivity contribution in [3.05, 3.63) is 0 Å². The third kappa shape index (κ3) is 46.5. The molecule has 7 heteroatoms. The third-order valence-electron chi connectivity index (χ3n) is 0. The Morgan fingerprint density at radius 1 is 0.857 bits per heavy atom. The number of hydrogen-bond acceptors (Lipinski definition) is 0. The molecule has 0 bridgehead atoms. The maximum absolute atomic E-state index is 5.04. The van der Waals surface area contributed by atoms with Crippen LogP contribution in [0.1, 0.15) is 0 Å². The summed E-state index contributed by atoms with van der Waals surface area (Å²) in [5.74, 6) is 0. The zero-order chi connectivity index (χ0) is 6.50. The number of hydrogen-bond donors (Lipinski definition) is 0. The first-order chi connectivity index (χ1) is 3.00.